The lowest BCUT2D eigenvalue weighted by atomic mass is 10.2. The quantitative estimate of drug-likeness (QED) is 0.883. The molecule has 2 rings (SSSR count). The molecule has 3 nitrogen and oxygen atoms in total. The number of anilines is 1. The second-order valence-electron chi connectivity index (χ2n) is 3.99. The van der Waals surface area contributed by atoms with Crippen molar-refractivity contribution in [2.45, 2.75) is 12.5 Å². The molecule has 1 atom stereocenters. The summed E-state index contributed by atoms with van der Waals surface area (Å²) >= 11 is 1.41. The molecule has 0 fully saturated rings. The normalized spacial score (nSPS) is 13.0. The second kappa shape index (κ2) is 6.15. The number of alkyl halides is 3. The summed E-state index contributed by atoms with van der Waals surface area (Å²) in [5, 5.41) is 14.6. The van der Waals surface area contributed by atoms with Crippen molar-refractivity contribution < 1.29 is 23.0 Å². The van der Waals surface area contributed by atoms with E-state index in [1.807, 2.05) is 11.4 Å². The number of aliphatic hydroxyl groups excluding tert-OH is 1. The van der Waals surface area contributed by atoms with Crippen molar-refractivity contribution in [3.05, 3.63) is 46.7 Å². The maximum Gasteiger partial charge on any atom is 0.573 e. The molecule has 1 unspecified atom stereocenters. The van der Waals surface area contributed by atoms with Crippen LogP contribution in [0, 0.1) is 0 Å². The first-order chi connectivity index (χ1) is 9.44. The lowest BCUT2D eigenvalue weighted by Gasteiger charge is -2.13. The van der Waals surface area contributed by atoms with Gasteiger partial charge in [-0.25, -0.2) is 0 Å². The second-order valence-corrected chi connectivity index (χ2v) is 4.97. The summed E-state index contributed by atoms with van der Waals surface area (Å²) in [4.78, 5) is 0.792. The van der Waals surface area contributed by atoms with E-state index in [4.69, 9.17) is 0 Å². The third-order valence-electron chi connectivity index (χ3n) is 2.44. The van der Waals surface area contributed by atoms with Gasteiger partial charge in [0.2, 0.25) is 0 Å². The average Bonchev–Trinajstić information content (AvgIpc) is 2.88. The van der Waals surface area contributed by atoms with Crippen LogP contribution in [0.3, 0.4) is 0 Å². The molecular formula is C13H12F3NO2S. The van der Waals surface area contributed by atoms with Crippen LogP contribution in [0.5, 0.6) is 5.75 Å². The van der Waals surface area contributed by atoms with Gasteiger partial charge in [-0.1, -0.05) is 12.1 Å². The highest BCUT2D eigenvalue weighted by Crippen LogP contribution is 2.25. The third kappa shape index (κ3) is 4.43. The third-order valence-corrected chi connectivity index (χ3v) is 3.41. The Balaban J connectivity index is 1.94. The molecule has 0 bridgehead atoms. The van der Waals surface area contributed by atoms with Crippen molar-refractivity contribution in [3.63, 3.8) is 0 Å². The van der Waals surface area contributed by atoms with E-state index >= 15 is 0 Å². The zero-order valence-corrected chi connectivity index (χ0v) is 11.0. The predicted octanol–water partition coefficient (Wildman–Crippen LogP) is 3.79. The van der Waals surface area contributed by atoms with E-state index in [2.05, 4.69) is 10.1 Å². The molecule has 0 aliphatic heterocycles. The van der Waals surface area contributed by atoms with Gasteiger partial charge in [0.1, 0.15) is 11.9 Å². The highest BCUT2D eigenvalue weighted by atomic mass is 32.1. The number of hydrogen-bond donors (Lipinski definition) is 2. The van der Waals surface area contributed by atoms with E-state index in [0.717, 1.165) is 4.88 Å². The predicted molar refractivity (Wildman–Crippen MR) is 70.9 cm³/mol. The molecule has 0 saturated carbocycles. The van der Waals surface area contributed by atoms with Crippen LogP contribution in [-0.4, -0.2) is 18.0 Å². The smallest absolute Gasteiger partial charge is 0.406 e. The summed E-state index contributed by atoms with van der Waals surface area (Å²) in [6.07, 6.45) is -5.42. The first-order valence-corrected chi connectivity index (χ1v) is 6.63. The van der Waals surface area contributed by atoms with Gasteiger partial charge in [0, 0.05) is 23.2 Å². The molecule has 0 aliphatic carbocycles. The van der Waals surface area contributed by atoms with Gasteiger partial charge < -0.3 is 15.2 Å². The summed E-state index contributed by atoms with van der Waals surface area (Å²) in [5.41, 5.74) is 0.447. The minimum absolute atomic E-state index is 0.204. The average molecular weight is 303 g/mol. The lowest BCUT2D eigenvalue weighted by Crippen LogP contribution is -2.17. The first kappa shape index (κ1) is 14.7. The van der Waals surface area contributed by atoms with Gasteiger partial charge in [0.15, 0.2) is 0 Å². The van der Waals surface area contributed by atoms with Crippen LogP contribution in [0.4, 0.5) is 18.9 Å². The number of thiophene rings is 1. The summed E-state index contributed by atoms with van der Waals surface area (Å²) in [6.45, 7) is 0.204. The lowest BCUT2D eigenvalue weighted by molar-refractivity contribution is -0.274. The van der Waals surface area contributed by atoms with Crippen molar-refractivity contribution in [1.82, 2.24) is 0 Å². The Bertz CT molecular complexity index is 543. The van der Waals surface area contributed by atoms with Gasteiger partial charge in [0.25, 0.3) is 0 Å². The molecule has 0 amide bonds. The van der Waals surface area contributed by atoms with Gasteiger partial charge in [-0.2, -0.15) is 0 Å². The number of benzene rings is 1. The summed E-state index contributed by atoms with van der Waals surface area (Å²) in [6, 6.07) is 9.11. The molecule has 20 heavy (non-hydrogen) atoms. The highest BCUT2D eigenvalue weighted by molar-refractivity contribution is 7.10. The minimum Gasteiger partial charge on any atom is -0.406 e. The summed E-state index contributed by atoms with van der Waals surface area (Å²) < 4.78 is 40.1. The van der Waals surface area contributed by atoms with E-state index in [1.165, 1.54) is 29.5 Å². The van der Waals surface area contributed by atoms with Crippen molar-refractivity contribution in [1.29, 1.82) is 0 Å². The van der Waals surface area contributed by atoms with Crippen LogP contribution in [0.25, 0.3) is 0 Å². The van der Waals surface area contributed by atoms with Crippen LogP contribution >= 0.6 is 11.3 Å². The van der Waals surface area contributed by atoms with Gasteiger partial charge in [0.05, 0.1) is 0 Å². The fourth-order valence-electron chi connectivity index (χ4n) is 1.60. The Labute approximate surface area is 117 Å². The number of ether oxygens (including phenoxy) is 1. The van der Waals surface area contributed by atoms with Crippen LogP contribution < -0.4 is 10.1 Å². The minimum atomic E-state index is -4.71. The Morgan fingerprint density at radius 3 is 2.70 bits per heavy atom. The van der Waals surface area contributed by atoms with Gasteiger partial charge >= 0.3 is 6.36 Å². The SMILES string of the molecule is OC(CNc1cccc(OC(F)(F)F)c1)c1cccs1. The largest absolute Gasteiger partial charge is 0.573 e. The molecule has 2 N–H and O–H groups in total. The Morgan fingerprint density at radius 2 is 2.05 bits per heavy atom. The Hall–Kier alpha value is -1.73. The molecule has 1 aromatic heterocycles. The number of halogens is 3. The molecular weight excluding hydrogens is 291 g/mol. The standard InChI is InChI=1S/C13H12F3NO2S/c14-13(15,16)19-10-4-1-3-9(7-10)17-8-11(18)12-5-2-6-20-12/h1-7,11,17-18H,8H2. The maximum atomic E-state index is 12.1. The van der Waals surface area contributed by atoms with Gasteiger partial charge in [-0.3, -0.25) is 0 Å². The van der Waals surface area contributed by atoms with Crippen LogP contribution in [0.2, 0.25) is 0 Å². The van der Waals surface area contributed by atoms with Crippen molar-refractivity contribution in [2.75, 3.05) is 11.9 Å². The summed E-state index contributed by atoms with van der Waals surface area (Å²) in [5.74, 6) is -0.298. The van der Waals surface area contributed by atoms with E-state index < -0.39 is 12.5 Å². The van der Waals surface area contributed by atoms with E-state index in [9.17, 15) is 18.3 Å². The summed E-state index contributed by atoms with van der Waals surface area (Å²) in [7, 11) is 0. The molecule has 1 aromatic carbocycles. The van der Waals surface area contributed by atoms with Gasteiger partial charge in [-0.15, -0.1) is 24.5 Å². The van der Waals surface area contributed by atoms with Gasteiger partial charge in [-0.05, 0) is 23.6 Å². The molecule has 0 saturated heterocycles. The van der Waals surface area contributed by atoms with E-state index in [1.54, 1.807) is 12.1 Å². The zero-order valence-electron chi connectivity index (χ0n) is 10.2. The van der Waals surface area contributed by atoms with Crippen molar-refractivity contribution >= 4 is 17.0 Å². The topological polar surface area (TPSA) is 41.5 Å². The van der Waals surface area contributed by atoms with Crippen LogP contribution in [0.1, 0.15) is 11.0 Å². The number of rotatable bonds is 5. The van der Waals surface area contributed by atoms with E-state index in [0.29, 0.717) is 5.69 Å². The fourth-order valence-corrected chi connectivity index (χ4v) is 2.31. The maximum absolute atomic E-state index is 12.1. The Morgan fingerprint density at radius 1 is 1.25 bits per heavy atom. The fraction of sp³-hybridized carbons (Fsp3) is 0.231. The zero-order chi connectivity index (χ0) is 14.6. The molecule has 1 heterocycles. The highest BCUT2D eigenvalue weighted by Gasteiger charge is 2.31. The molecule has 108 valence electrons. The number of nitrogens with one attached hydrogen (secondary N) is 1. The van der Waals surface area contributed by atoms with Crippen molar-refractivity contribution in [3.8, 4) is 5.75 Å². The molecule has 0 spiro atoms. The molecule has 7 heteroatoms. The van der Waals surface area contributed by atoms with Crippen molar-refractivity contribution in [2.24, 2.45) is 0 Å². The first-order valence-electron chi connectivity index (χ1n) is 5.75. The van der Waals surface area contributed by atoms with Crippen LogP contribution in [0.15, 0.2) is 41.8 Å². The number of aliphatic hydroxyl groups is 1. The molecule has 0 aliphatic rings. The molecule has 0 radical (unpaired) electrons. The molecule has 2 aromatic rings. The monoisotopic (exact) mass is 303 g/mol. The number of hydrogen-bond acceptors (Lipinski definition) is 4. The van der Waals surface area contributed by atoms with Crippen LogP contribution in [-0.2, 0) is 0 Å². The Kier molecular flexibility index (Phi) is 4.51. The van der Waals surface area contributed by atoms with E-state index in [-0.39, 0.29) is 12.3 Å².